The van der Waals surface area contributed by atoms with Crippen LogP contribution in [0.5, 0.6) is 0 Å². The predicted octanol–water partition coefficient (Wildman–Crippen LogP) is 3.03. The van der Waals surface area contributed by atoms with Crippen molar-refractivity contribution in [2.45, 2.75) is 20.3 Å². The van der Waals surface area contributed by atoms with E-state index in [2.05, 4.69) is 5.32 Å². The first-order valence-corrected chi connectivity index (χ1v) is 7.12. The first-order chi connectivity index (χ1) is 10.6. The van der Waals surface area contributed by atoms with Crippen molar-refractivity contribution in [3.05, 3.63) is 65.2 Å². The number of para-hydroxylation sites is 1. The Morgan fingerprint density at radius 2 is 1.59 bits per heavy atom. The van der Waals surface area contributed by atoms with E-state index in [-0.39, 0.29) is 18.9 Å². The highest BCUT2D eigenvalue weighted by Crippen LogP contribution is 2.19. The zero-order valence-corrected chi connectivity index (χ0v) is 12.8. The maximum atomic E-state index is 11.9. The fourth-order valence-electron chi connectivity index (χ4n) is 2.15. The van der Waals surface area contributed by atoms with Gasteiger partial charge >= 0.3 is 5.97 Å². The summed E-state index contributed by atoms with van der Waals surface area (Å²) >= 11 is 0. The number of amides is 1. The number of nitrogens with one attached hydrogen (secondary N) is 1. The molecule has 0 heterocycles. The average molecular weight is 297 g/mol. The second-order valence-corrected chi connectivity index (χ2v) is 5.14. The van der Waals surface area contributed by atoms with Crippen molar-refractivity contribution in [1.82, 2.24) is 0 Å². The summed E-state index contributed by atoms with van der Waals surface area (Å²) in [4.78, 5) is 23.6. The Kier molecular flexibility index (Phi) is 5.31. The molecule has 2 aromatic rings. The van der Waals surface area contributed by atoms with E-state index < -0.39 is 5.97 Å². The molecule has 0 aliphatic carbocycles. The molecular weight excluding hydrogens is 278 g/mol. The summed E-state index contributed by atoms with van der Waals surface area (Å²) in [5.74, 6) is -0.748. The van der Waals surface area contributed by atoms with Crippen molar-refractivity contribution in [3.8, 4) is 0 Å². The number of ether oxygens (including phenoxy) is 1. The number of aryl methyl sites for hydroxylation is 2. The number of hydrogen-bond acceptors (Lipinski definition) is 3. The van der Waals surface area contributed by atoms with E-state index in [1.54, 1.807) is 0 Å². The van der Waals surface area contributed by atoms with Crippen LogP contribution in [-0.2, 0) is 20.7 Å². The third-order valence-corrected chi connectivity index (χ3v) is 3.30. The second-order valence-electron chi connectivity index (χ2n) is 5.14. The number of anilines is 1. The number of rotatable bonds is 5. The molecule has 2 rings (SSSR count). The average Bonchev–Trinajstić information content (AvgIpc) is 2.50. The van der Waals surface area contributed by atoms with E-state index in [9.17, 15) is 9.59 Å². The molecule has 1 amide bonds. The van der Waals surface area contributed by atoms with Gasteiger partial charge in [0.25, 0.3) is 5.91 Å². The highest BCUT2D eigenvalue weighted by Gasteiger charge is 2.10. The SMILES string of the molecule is Cc1cccc(C)c1NC(=O)COC(=O)Cc1ccccc1. The molecule has 0 unspecified atom stereocenters. The summed E-state index contributed by atoms with van der Waals surface area (Å²) in [5.41, 5.74) is 3.59. The van der Waals surface area contributed by atoms with E-state index in [0.29, 0.717) is 0 Å². The Labute approximate surface area is 130 Å². The summed E-state index contributed by atoms with van der Waals surface area (Å²) in [6, 6.07) is 15.1. The van der Waals surface area contributed by atoms with Gasteiger partial charge in [0.15, 0.2) is 6.61 Å². The molecule has 0 saturated heterocycles. The lowest BCUT2D eigenvalue weighted by Crippen LogP contribution is -2.22. The molecule has 0 spiro atoms. The Morgan fingerprint density at radius 1 is 0.955 bits per heavy atom. The van der Waals surface area contributed by atoms with Gasteiger partial charge in [-0.25, -0.2) is 0 Å². The summed E-state index contributed by atoms with van der Waals surface area (Å²) in [5, 5.41) is 2.78. The number of carbonyl (C=O) groups is 2. The van der Waals surface area contributed by atoms with E-state index in [4.69, 9.17) is 4.74 Å². The molecule has 0 bridgehead atoms. The van der Waals surface area contributed by atoms with Crippen LogP contribution < -0.4 is 5.32 Å². The van der Waals surface area contributed by atoms with Gasteiger partial charge in [0.05, 0.1) is 6.42 Å². The monoisotopic (exact) mass is 297 g/mol. The van der Waals surface area contributed by atoms with Crippen LogP contribution in [0.1, 0.15) is 16.7 Å². The number of esters is 1. The lowest BCUT2D eigenvalue weighted by Gasteiger charge is -2.11. The van der Waals surface area contributed by atoms with Gasteiger partial charge in [-0.15, -0.1) is 0 Å². The van der Waals surface area contributed by atoms with Crippen LogP contribution in [0.25, 0.3) is 0 Å². The van der Waals surface area contributed by atoms with Crippen LogP contribution in [0, 0.1) is 13.8 Å². The van der Waals surface area contributed by atoms with E-state index in [0.717, 1.165) is 22.4 Å². The minimum absolute atomic E-state index is 0.164. The third-order valence-electron chi connectivity index (χ3n) is 3.30. The highest BCUT2D eigenvalue weighted by molar-refractivity contribution is 5.94. The molecule has 1 N–H and O–H groups in total. The summed E-state index contributed by atoms with van der Waals surface area (Å²) in [6.45, 7) is 3.56. The Bertz CT molecular complexity index is 645. The Morgan fingerprint density at radius 3 is 2.23 bits per heavy atom. The van der Waals surface area contributed by atoms with Gasteiger partial charge in [0.1, 0.15) is 0 Å². The second kappa shape index (κ2) is 7.41. The molecule has 0 aromatic heterocycles. The van der Waals surface area contributed by atoms with Gasteiger partial charge in [-0.2, -0.15) is 0 Å². The van der Waals surface area contributed by atoms with Gasteiger partial charge in [0.2, 0.25) is 0 Å². The molecule has 0 aliphatic rings. The van der Waals surface area contributed by atoms with E-state index in [1.165, 1.54) is 0 Å². The van der Waals surface area contributed by atoms with Gasteiger partial charge < -0.3 is 10.1 Å². The normalized spacial score (nSPS) is 10.1. The van der Waals surface area contributed by atoms with Crippen molar-refractivity contribution < 1.29 is 14.3 Å². The van der Waals surface area contributed by atoms with Gasteiger partial charge in [-0.3, -0.25) is 9.59 Å². The van der Waals surface area contributed by atoms with Crippen LogP contribution in [0.3, 0.4) is 0 Å². The minimum atomic E-state index is -0.414. The van der Waals surface area contributed by atoms with Crippen molar-refractivity contribution in [3.63, 3.8) is 0 Å². The molecule has 0 aliphatic heterocycles. The first-order valence-electron chi connectivity index (χ1n) is 7.12. The third kappa shape index (κ3) is 4.45. The van der Waals surface area contributed by atoms with E-state index >= 15 is 0 Å². The van der Waals surface area contributed by atoms with Crippen molar-refractivity contribution in [1.29, 1.82) is 0 Å². The van der Waals surface area contributed by atoms with Gasteiger partial charge in [-0.05, 0) is 30.5 Å². The number of benzene rings is 2. The number of hydrogen-bond donors (Lipinski definition) is 1. The standard InChI is InChI=1S/C18H19NO3/c1-13-7-6-8-14(2)18(13)19-16(20)12-22-17(21)11-15-9-4-3-5-10-15/h3-10H,11-12H2,1-2H3,(H,19,20). The molecule has 114 valence electrons. The van der Waals surface area contributed by atoms with Crippen LogP contribution in [0.4, 0.5) is 5.69 Å². The topological polar surface area (TPSA) is 55.4 Å². The largest absolute Gasteiger partial charge is 0.455 e. The fraction of sp³-hybridized carbons (Fsp3) is 0.222. The summed E-state index contributed by atoms with van der Waals surface area (Å²) < 4.78 is 5.01. The van der Waals surface area contributed by atoms with E-state index in [1.807, 2.05) is 62.4 Å². The Balaban J connectivity index is 1.84. The van der Waals surface area contributed by atoms with Crippen molar-refractivity contribution in [2.24, 2.45) is 0 Å². The van der Waals surface area contributed by atoms with Crippen LogP contribution in [-0.4, -0.2) is 18.5 Å². The van der Waals surface area contributed by atoms with Crippen LogP contribution in [0.15, 0.2) is 48.5 Å². The van der Waals surface area contributed by atoms with Crippen molar-refractivity contribution >= 4 is 17.6 Å². The lowest BCUT2D eigenvalue weighted by atomic mass is 10.1. The maximum Gasteiger partial charge on any atom is 0.310 e. The van der Waals surface area contributed by atoms with Gasteiger partial charge in [0, 0.05) is 5.69 Å². The van der Waals surface area contributed by atoms with Gasteiger partial charge in [-0.1, -0.05) is 48.5 Å². The predicted molar refractivity (Wildman–Crippen MR) is 85.7 cm³/mol. The lowest BCUT2D eigenvalue weighted by molar-refractivity contribution is -0.146. The molecular formula is C18H19NO3. The molecule has 0 saturated carbocycles. The molecule has 0 atom stereocenters. The molecule has 4 heteroatoms. The van der Waals surface area contributed by atoms with Crippen LogP contribution in [0.2, 0.25) is 0 Å². The molecule has 0 fully saturated rings. The molecule has 22 heavy (non-hydrogen) atoms. The number of carbonyl (C=O) groups excluding carboxylic acids is 2. The van der Waals surface area contributed by atoms with Crippen molar-refractivity contribution in [2.75, 3.05) is 11.9 Å². The zero-order valence-electron chi connectivity index (χ0n) is 12.8. The minimum Gasteiger partial charge on any atom is -0.455 e. The van der Waals surface area contributed by atoms with Crippen LogP contribution >= 0.6 is 0 Å². The summed E-state index contributed by atoms with van der Waals surface area (Å²) in [6.07, 6.45) is 0.164. The molecule has 4 nitrogen and oxygen atoms in total. The highest BCUT2D eigenvalue weighted by atomic mass is 16.5. The maximum absolute atomic E-state index is 11.9. The fourth-order valence-corrected chi connectivity index (χ4v) is 2.15. The quantitative estimate of drug-likeness (QED) is 0.863. The Hall–Kier alpha value is -2.62. The summed E-state index contributed by atoms with van der Waals surface area (Å²) in [7, 11) is 0. The first kappa shape index (κ1) is 15.8. The molecule has 0 radical (unpaired) electrons. The molecule has 2 aromatic carbocycles. The smallest absolute Gasteiger partial charge is 0.310 e. The zero-order chi connectivity index (χ0) is 15.9.